The second-order valence-electron chi connectivity index (χ2n) is 8.34. The van der Waals surface area contributed by atoms with E-state index >= 15 is 0 Å². The Morgan fingerprint density at radius 1 is 1.26 bits per heavy atom. The molecule has 2 aliphatic rings. The van der Waals surface area contributed by atoms with Crippen molar-refractivity contribution in [3.63, 3.8) is 0 Å². The molecule has 3 heterocycles. The third kappa shape index (κ3) is 4.21. The van der Waals surface area contributed by atoms with E-state index in [1.807, 2.05) is 15.8 Å². The summed E-state index contributed by atoms with van der Waals surface area (Å²) in [7, 11) is 0. The SMILES string of the molecule is CC1(CCc2ccccc2)CCN(C(=O)c2cn(C3CCNCC3)nn2)C1. The van der Waals surface area contributed by atoms with Crippen LogP contribution < -0.4 is 5.32 Å². The van der Waals surface area contributed by atoms with E-state index in [9.17, 15) is 4.79 Å². The number of rotatable bonds is 5. The summed E-state index contributed by atoms with van der Waals surface area (Å²) in [4.78, 5) is 14.9. The van der Waals surface area contributed by atoms with Gasteiger partial charge < -0.3 is 10.2 Å². The van der Waals surface area contributed by atoms with Crippen LogP contribution in [-0.4, -0.2) is 52.0 Å². The van der Waals surface area contributed by atoms with Gasteiger partial charge >= 0.3 is 0 Å². The van der Waals surface area contributed by atoms with Crippen molar-refractivity contribution in [2.75, 3.05) is 26.2 Å². The van der Waals surface area contributed by atoms with Crippen LogP contribution in [0.3, 0.4) is 0 Å². The molecule has 1 aromatic heterocycles. The number of aryl methyl sites for hydroxylation is 1. The summed E-state index contributed by atoms with van der Waals surface area (Å²) in [5.74, 6) is 0.0265. The first-order valence-corrected chi connectivity index (χ1v) is 10.1. The van der Waals surface area contributed by atoms with Gasteiger partial charge in [-0.3, -0.25) is 4.79 Å². The second kappa shape index (κ2) is 7.80. The van der Waals surface area contributed by atoms with Gasteiger partial charge in [-0.05, 0) is 56.2 Å². The highest BCUT2D eigenvalue weighted by Crippen LogP contribution is 2.35. The van der Waals surface area contributed by atoms with Crippen molar-refractivity contribution >= 4 is 5.91 Å². The normalized spacial score (nSPS) is 23.7. The van der Waals surface area contributed by atoms with Crippen LogP contribution in [0.25, 0.3) is 0 Å². The lowest BCUT2D eigenvalue weighted by atomic mass is 9.83. The fourth-order valence-corrected chi connectivity index (χ4v) is 4.28. The number of benzene rings is 1. The molecule has 4 rings (SSSR count). The number of carbonyl (C=O) groups excluding carboxylic acids is 1. The number of likely N-dealkylation sites (tertiary alicyclic amines) is 1. The van der Waals surface area contributed by atoms with Crippen molar-refractivity contribution in [3.05, 3.63) is 47.8 Å². The molecule has 6 heteroatoms. The van der Waals surface area contributed by atoms with Crippen molar-refractivity contribution < 1.29 is 4.79 Å². The summed E-state index contributed by atoms with van der Waals surface area (Å²) in [6.45, 7) is 5.91. The van der Waals surface area contributed by atoms with Crippen LogP contribution in [0.5, 0.6) is 0 Å². The van der Waals surface area contributed by atoms with E-state index in [0.717, 1.165) is 58.3 Å². The zero-order chi connectivity index (χ0) is 18.7. The summed E-state index contributed by atoms with van der Waals surface area (Å²) in [5, 5.41) is 11.8. The Morgan fingerprint density at radius 3 is 2.81 bits per heavy atom. The molecule has 27 heavy (non-hydrogen) atoms. The molecule has 2 aliphatic heterocycles. The van der Waals surface area contributed by atoms with E-state index in [4.69, 9.17) is 0 Å². The van der Waals surface area contributed by atoms with Gasteiger partial charge in [0.2, 0.25) is 0 Å². The zero-order valence-electron chi connectivity index (χ0n) is 16.1. The van der Waals surface area contributed by atoms with E-state index in [1.165, 1.54) is 5.56 Å². The summed E-state index contributed by atoms with van der Waals surface area (Å²) >= 11 is 0. The maximum Gasteiger partial charge on any atom is 0.276 e. The average Bonchev–Trinajstić information content (AvgIpc) is 3.35. The Bertz CT molecular complexity index is 768. The predicted octanol–water partition coefficient (Wildman–Crippen LogP) is 2.69. The topological polar surface area (TPSA) is 63.1 Å². The molecule has 0 spiro atoms. The summed E-state index contributed by atoms with van der Waals surface area (Å²) < 4.78 is 1.89. The Kier molecular flexibility index (Phi) is 5.25. The van der Waals surface area contributed by atoms with Crippen molar-refractivity contribution in [1.29, 1.82) is 0 Å². The van der Waals surface area contributed by atoms with Crippen molar-refractivity contribution in [2.45, 2.75) is 45.1 Å². The van der Waals surface area contributed by atoms with Gasteiger partial charge in [0, 0.05) is 13.1 Å². The quantitative estimate of drug-likeness (QED) is 0.883. The van der Waals surface area contributed by atoms with Gasteiger partial charge in [-0.2, -0.15) is 0 Å². The van der Waals surface area contributed by atoms with E-state index < -0.39 is 0 Å². The van der Waals surface area contributed by atoms with Gasteiger partial charge in [0.1, 0.15) is 0 Å². The third-order valence-electron chi connectivity index (χ3n) is 6.12. The Hall–Kier alpha value is -2.21. The maximum absolute atomic E-state index is 12.9. The van der Waals surface area contributed by atoms with Gasteiger partial charge in [0.25, 0.3) is 5.91 Å². The summed E-state index contributed by atoms with van der Waals surface area (Å²) in [6.07, 6.45) is 7.14. The Labute approximate surface area is 160 Å². The zero-order valence-corrected chi connectivity index (χ0v) is 16.1. The van der Waals surface area contributed by atoms with Gasteiger partial charge in [0.05, 0.1) is 12.2 Å². The summed E-state index contributed by atoms with van der Waals surface area (Å²) in [6, 6.07) is 11.0. The molecule has 1 unspecified atom stereocenters. The molecule has 0 bridgehead atoms. The molecular weight excluding hydrogens is 338 g/mol. The number of amides is 1. The number of nitrogens with one attached hydrogen (secondary N) is 1. The first-order valence-electron chi connectivity index (χ1n) is 10.1. The van der Waals surface area contributed by atoms with Crippen molar-refractivity contribution in [2.24, 2.45) is 5.41 Å². The largest absolute Gasteiger partial charge is 0.337 e. The van der Waals surface area contributed by atoms with Gasteiger partial charge in [-0.1, -0.05) is 42.5 Å². The monoisotopic (exact) mass is 367 g/mol. The lowest BCUT2D eigenvalue weighted by Gasteiger charge is -2.24. The number of piperidine rings is 1. The molecule has 144 valence electrons. The van der Waals surface area contributed by atoms with Crippen LogP contribution in [0.1, 0.15) is 54.7 Å². The average molecular weight is 367 g/mol. The first-order chi connectivity index (χ1) is 13.1. The number of hydrogen-bond acceptors (Lipinski definition) is 4. The third-order valence-corrected chi connectivity index (χ3v) is 6.12. The fourth-order valence-electron chi connectivity index (χ4n) is 4.28. The van der Waals surface area contributed by atoms with Gasteiger partial charge in [-0.25, -0.2) is 4.68 Å². The van der Waals surface area contributed by atoms with Crippen molar-refractivity contribution in [1.82, 2.24) is 25.2 Å². The minimum absolute atomic E-state index is 0.0265. The minimum Gasteiger partial charge on any atom is -0.337 e. The molecule has 1 amide bonds. The van der Waals surface area contributed by atoms with E-state index in [0.29, 0.717) is 11.7 Å². The molecule has 2 aromatic rings. The Balaban J connectivity index is 1.35. The van der Waals surface area contributed by atoms with Crippen LogP contribution in [0.2, 0.25) is 0 Å². The van der Waals surface area contributed by atoms with Crippen LogP contribution in [0.15, 0.2) is 36.5 Å². The van der Waals surface area contributed by atoms with E-state index in [-0.39, 0.29) is 11.3 Å². The van der Waals surface area contributed by atoms with Gasteiger partial charge in [0.15, 0.2) is 5.69 Å². The highest BCUT2D eigenvalue weighted by molar-refractivity contribution is 5.92. The van der Waals surface area contributed by atoms with E-state index in [2.05, 4.69) is 52.9 Å². The molecule has 2 saturated heterocycles. The highest BCUT2D eigenvalue weighted by Gasteiger charge is 2.36. The van der Waals surface area contributed by atoms with Crippen molar-refractivity contribution in [3.8, 4) is 0 Å². The lowest BCUT2D eigenvalue weighted by molar-refractivity contribution is 0.0768. The molecule has 0 radical (unpaired) electrons. The standard InChI is InChI=1S/C21H29N5O/c1-21(10-7-17-5-3-2-4-6-17)11-14-25(16-21)20(27)19-15-26(24-23-19)18-8-12-22-13-9-18/h2-6,15,18,22H,7-14,16H2,1H3. The molecular formula is C21H29N5O. The Morgan fingerprint density at radius 2 is 2.04 bits per heavy atom. The minimum atomic E-state index is 0.0265. The van der Waals surface area contributed by atoms with Crippen LogP contribution in [0.4, 0.5) is 0 Å². The predicted molar refractivity (Wildman–Crippen MR) is 105 cm³/mol. The highest BCUT2D eigenvalue weighted by atomic mass is 16.2. The molecule has 0 aliphatic carbocycles. The summed E-state index contributed by atoms with van der Waals surface area (Å²) in [5.41, 5.74) is 2.03. The van der Waals surface area contributed by atoms with Crippen LogP contribution in [0, 0.1) is 5.41 Å². The molecule has 1 N–H and O–H groups in total. The lowest BCUT2D eigenvalue weighted by Crippen LogP contribution is -2.31. The number of nitrogens with zero attached hydrogens (tertiary/aromatic N) is 4. The maximum atomic E-state index is 12.9. The molecule has 2 fully saturated rings. The first kappa shape index (κ1) is 18.2. The fraction of sp³-hybridized carbons (Fsp3) is 0.571. The van der Waals surface area contributed by atoms with Crippen LogP contribution >= 0.6 is 0 Å². The van der Waals surface area contributed by atoms with E-state index in [1.54, 1.807) is 0 Å². The molecule has 1 aromatic carbocycles. The smallest absolute Gasteiger partial charge is 0.276 e. The molecule has 0 saturated carbocycles. The van der Waals surface area contributed by atoms with Gasteiger partial charge in [-0.15, -0.1) is 5.10 Å². The molecule has 6 nitrogen and oxygen atoms in total. The second-order valence-corrected chi connectivity index (χ2v) is 8.34. The van der Waals surface area contributed by atoms with Crippen LogP contribution in [-0.2, 0) is 6.42 Å². The molecule has 1 atom stereocenters. The number of carbonyl (C=O) groups is 1. The number of hydrogen-bond donors (Lipinski definition) is 1. The number of aromatic nitrogens is 3.